The lowest BCUT2D eigenvalue weighted by Gasteiger charge is -2.19. The summed E-state index contributed by atoms with van der Waals surface area (Å²) in [4.78, 5) is 14.4. The minimum Gasteiger partial charge on any atom is -0.496 e. The fourth-order valence-electron chi connectivity index (χ4n) is 2.87. The number of thiocarbonyl (C=S) groups is 1. The first-order valence-electron chi connectivity index (χ1n) is 7.29. The maximum atomic E-state index is 12.1. The topological polar surface area (TPSA) is 55.6 Å². The molecule has 5 heteroatoms. The average Bonchev–Trinajstić information content (AvgIpc) is 2.79. The largest absolute Gasteiger partial charge is 0.496 e. The van der Waals surface area contributed by atoms with Crippen LogP contribution >= 0.6 is 12.2 Å². The van der Waals surface area contributed by atoms with Crippen LogP contribution < -0.4 is 10.5 Å². The monoisotopic (exact) mass is 306 g/mol. The van der Waals surface area contributed by atoms with Crippen molar-refractivity contribution in [3.8, 4) is 5.75 Å². The molecule has 114 valence electrons. The van der Waals surface area contributed by atoms with Crippen molar-refractivity contribution in [1.29, 1.82) is 0 Å². The number of amides is 1. The van der Waals surface area contributed by atoms with Crippen molar-refractivity contribution in [3.63, 3.8) is 0 Å². The maximum absolute atomic E-state index is 12.1. The molecule has 0 bridgehead atoms. The van der Waals surface area contributed by atoms with Crippen molar-refractivity contribution >= 4 is 23.1 Å². The molecule has 1 atom stereocenters. The summed E-state index contributed by atoms with van der Waals surface area (Å²) in [6.07, 6.45) is 2.88. The van der Waals surface area contributed by atoms with Crippen LogP contribution in [0, 0.1) is 5.92 Å². The second-order valence-electron chi connectivity index (χ2n) is 5.52. The molecule has 0 saturated carbocycles. The van der Waals surface area contributed by atoms with Gasteiger partial charge in [0, 0.05) is 30.6 Å². The molecule has 1 aliphatic rings. The van der Waals surface area contributed by atoms with Gasteiger partial charge in [0.25, 0.3) is 0 Å². The first-order valence-corrected chi connectivity index (χ1v) is 7.70. The number of carbonyl (C=O) groups excluding carboxylic acids is 1. The highest BCUT2D eigenvalue weighted by molar-refractivity contribution is 7.80. The standard InChI is InChI=1S/C16H22N2O2S/c1-3-4-11-7-15(19)18(9-11)10-13-8-12(16(17)21)5-6-14(13)20-2/h5-6,8,11H,3-4,7,9-10H2,1-2H3,(H2,17,21). The molecular formula is C16H22N2O2S. The Kier molecular flexibility index (Phi) is 5.17. The van der Waals surface area contributed by atoms with E-state index in [1.165, 1.54) is 0 Å². The Morgan fingerprint density at radius 3 is 2.90 bits per heavy atom. The fourth-order valence-corrected chi connectivity index (χ4v) is 3.00. The van der Waals surface area contributed by atoms with Gasteiger partial charge in [-0.3, -0.25) is 4.79 Å². The summed E-state index contributed by atoms with van der Waals surface area (Å²) in [5.74, 6) is 1.46. The molecule has 0 aliphatic carbocycles. The van der Waals surface area contributed by atoms with Gasteiger partial charge in [-0.25, -0.2) is 0 Å². The van der Waals surface area contributed by atoms with E-state index in [-0.39, 0.29) is 5.91 Å². The van der Waals surface area contributed by atoms with E-state index in [1.807, 2.05) is 23.1 Å². The number of carbonyl (C=O) groups is 1. The minimum atomic E-state index is 0.219. The first kappa shape index (κ1) is 15.8. The van der Waals surface area contributed by atoms with Crippen LogP contribution in [0.3, 0.4) is 0 Å². The van der Waals surface area contributed by atoms with Crippen LogP contribution in [-0.4, -0.2) is 29.5 Å². The zero-order chi connectivity index (χ0) is 15.4. The van der Waals surface area contributed by atoms with E-state index in [1.54, 1.807) is 7.11 Å². The minimum absolute atomic E-state index is 0.219. The Labute approximate surface area is 131 Å². The van der Waals surface area contributed by atoms with E-state index < -0.39 is 0 Å². The summed E-state index contributed by atoms with van der Waals surface area (Å²) in [7, 11) is 1.63. The van der Waals surface area contributed by atoms with Gasteiger partial charge >= 0.3 is 0 Å². The van der Waals surface area contributed by atoms with Crippen molar-refractivity contribution in [2.45, 2.75) is 32.7 Å². The van der Waals surface area contributed by atoms with Crippen LogP contribution in [0.15, 0.2) is 18.2 Å². The average molecular weight is 306 g/mol. The molecule has 1 amide bonds. The van der Waals surface area contributed by atoms with Gasteiger partial charge in [0.05, 0.1) is 7.11 Å². The molecule has 1 heterocycles. The second kappa shape index (κ2) is 6.89. The molecule has 21 heavy (non-hydrogen) atoms. The van der Waals surface area contributed by atoms with Crippen LogP contribution in [0.4, 0.5) is 0 Å². The van der Waals surface area contributed by atoms with Crippen LogP contribution in [0.25, 0.3) is 0 Å². The summed E-state index contributed by atoms with van der Waals surface area (Å²) in [6, 6.07) is 5.62. The molecule has 0 radical (unpaired) electrons. The second-order valence-corrected chi connectivity index (χ2v) is 5.96. The third-order valence-electron chi connectivity index (χ3n) is 3.92. The number of methoxy groups -OCH3 is 1. The molecule has 1 unspecified atom stereocenters. The van der Waals surface area contributed by atoms with Crippen molar-refractivity contribution in [2.24, 2.45) is 11.7 Å². The Hall–Kier alpha value is -1.62. The summed E-state index contributed by atoms with van der Waals surface area (Å²) >= 11 is 5.02. The van der Waals surface area contributed by atoms with Gasteiger partial charge in [0.15, 0.2) is 0 Å². The van der Waals surface area contributed by atoms with Crippen LogP contribution in [0.2, 0.25) is 0 Å². The first-order chi connectivity index (χ1) is 10.0. The Bertz CT molecular complexity index is 545. The number of likely N-dealkylation sites (tertiary alicyclic amines) is 1. The molecular weight excluding hydrogens is 284 g/mol. The maximum Gasteiger partial charge on any atom is 0.223 e. The van der Waals surface area contributed by atoms with E-state index in [0.29, 0.717) is 23.9 Å². The molecule has 2 rings (SSSR count). The molecule has 0 aromatic heterocycles. The predicted molar refractivity (Wildman–Crippen MR) is 87.3 cm³/mol. The number of benzene rings is 1. The number of hydrogen-bond donors (Lipinski definition) is 1. The van der Waals surface area contributed by atoms with Crippen LogP contribution in [-0.2, 0) is 11.3 Å². The lowest BCUT2D eigenvalue weighted by Crippen LogP contribution is -2.25. The van der Waals surface area contributed by atoms with E-state index in [4.69, 9.17) is 22.7 Å². The summed E-state index contributed by atoms with van der Waals surface area (Å²) in [5, 5.41) is 0. The van der Waals surface area contributed by atoms with Gasteiger partial charge in [-0.15, -0.1) is 0 Å². The van der Waals surface area contributed by atoms with E-state index in [2.05, 4.69) is 6.92 Å². The van der Waals surface area contributed by atoms with Gasteiger partial charge < -0.3 is 15.4 Å². The van der Waals surface area contributed by atoms with Crippen molar-refractivity contribution in [1.82, 2.24) is 4.90 Å². The van der Waals surface area contributed by atoms with Crippen LogP contribution in [0.5, 0.6) is 5.75 Å². The zero-order valence-electron chi connectivity index (χ0n) is 12.6. The normalized spacial score (nSPS) is 18.1. The summed E-state index contributed by atoms with van der Waals surface area (Å²) < 4.78 is 5.38. The summed E-state index contributed by atoms with van der Waals surface area (Å²) in [6.45, 7) is 3.54. The molecule has 1 aliphatic heterocycles. The zero-order valence-corrected chi connectivity index (χ0v) is 13.4. The number of ether oxygens (including phenoxy) is 1. The fraction of sp³-hybridized carbons (Fsp3) is 0.500. The Balaban J connectivity index is 2.16. The van der Waals surface area contributed by atoms with E-state index in [0.717, 1.165) is 36.3 Å². The van der Waals surface area contributed by atoms with E-state index in [9.17, 15) is 4.79 Å². The highest BCUT2D eigenvalue weighted by Crippen LogP contribution is 2.27. The SMILES string of the molecule is CCCC1CC(=O)N(Cc2cc(C(N)=S)ccc2OC)C1. The third-order valence-corrected chi connectivity index (χ3v) is 4.15. The Morgan fingerprint density at radius 1 is 1.52 bits per heavy atom. The molecule has 1 aromatic rings. The van der Waals surface area contributed by atoms with Gasteiger partial charge in [0.1, 0.15) is 10.7 Å². The van der Waals surface area contributed by atoms with Crippen LogP contribution in [0.1, 0.15) is 37.3 Å². The number of rotatable bonds is 6. The Morgan fingerprint density at radius 2 is 2.29 bits per heavy atom. The van der Waals surface area contributed by atoms with Gasteiger partial charge in [-0.05, 0) is 30.5 Å². The number of nitrogens with two attached hydrogens (primary N) is 1. The lowest BCUT2D eigenvalue weighted by atomic mass is 10.0. The van der Waals surface area contributed by atoms with Crippen molar-refractivity contribution in [2.75, 3.05) is 13.7 Å². The van der Waals surface area contributed by atoms with Gasteiger partial charge in [-0.2, -0.15) is 0 Å². The molecule has 1 aromatic carbocycles. The smallest absolute Gasteiger partial charge is 0.223 e. The van der Waals surface area contributed by atoms with Gasteiger partial charge in [-0.1, -0.05) is 25.6 Å². The predicted octanol–water partition coefficient (Wildman–Crippen LogP) is 2.48. The van der Waals surface area contributed by atoms with Gasteiger partial charge in [0.2, 0.25) is 5.91 Å². The molecule has 1 saturated heterocycles. The third kappa shape index (κ3) is 3.73. The van der Waals surface area contributed by atoms with Crippen molar-refractivity contribution < 1.29 is 9.53 Å². The van der Waals surface area contributed by atoms with E-state index >= 15 is 0 Å². The van der Waals surface area contributed by atoms with Crippen molar-refractivity contribution in [3.05, 3.63) is 29.3 Å². The molecule has 4 nitrogen and oxygen atoms in total. The molecule has 1 fully saturated rings. The lowest BCUT2D eigenvalue weighted by molar-refractivity contribution is -0.128. The molecule has 2 N–H and O–H groups in total. The summed E-state index contributed by atoms with van der Waals surface area (Å²) in [5.41, 5.74) is 7.44. The molecule has 0 spiro atoms. The number of hydrogen-bond acceptors (Lipinski definition) is 3. The quantitative estimate of drug-likeness (QED) is 0.820. The number of nitrogens with zero attached hydrogens (tertiary/aromatic N) is 1. The highest BCUT2D eigenvalue weighted by atomic mass is 32.1. The highest BCUT2D eigenvalue weighted by Gasteiger charge is 2.29.